The molecule has 0 saturated heterocycles. The lowest BCUT2D eigenvalue weighted by molar-refractivity contribution is 1.07. The van der Waals surface area contributed by atoms with Gasteiger partial charge in [-0.05, 0) is 91.7 Å². The molecular weight excluding hydrogens is 795 g/mol. The highest BCUT2D eigenvalue weighted by molar-refractivity contribution is 6.40. The monoisotopic (exact) mass is 833 g/mol. The fourth-order valence-electron chi connectivity index (χ4n) is 10.1. The van der Waals surface area contributed by atoms with E-state index in [0.29, 0.717) is 17.5 Å². The smallest absolute Gasteiger partial charge is 0.165 e. The van der Waals surface area contributed by atoms with Gasteiger partial charge in [-0.25, -0.2) is 15.0 Å². The first-order valence-electron chi connectivity index (χ1n) is 22.0. The van der Waals surface area contributed by atoms with E-state index in [2.05, 4.69) is 178 Å². The summed E-state index contributed by atoms with van der Waals surface area (Å²) >= 11 is 0. The van der Waals surface area contributed by atoms with Gasteiger partial charge in [0, 0.05) is 78.5 Å². The van der Waals surface area contributed by atoms with E-state index in [1.165, 1.54) is 49.0 Å². The van der Waals surface area contributed by atoms with E-state index < -0.39 is 0 Å². The topological polar surface area (TPSA) is 66.3 Å². The summed E-state index contributed by atoms with van der Waals surface area (Å²) in [5.74, 6) is 1.77. The molecule has 0 aliphatic heterocycles. The summed E-state index contributed by atoms with van der Waals surface area (Å²) in [6.45, 7) is 4.35. The van der Waals surface area contributed by atoms with Crippen molar-refractivity contribution in [3.8, 4) is 51.2 Å². The van der Waals surface area contributed by atoms with Gasteiger partial charge in [0.1, 0.15) is 0 Å². The van der Waals surface area contributed by atoms with Crippen LogP contribution in [0.5, 0.6) is 0 Å². The van der Waals surface area contributed by atoms with E-state index in [0.717, 1.165) is 61.3 Å². The van der Waals surface area contributed by atoms with Gasteiger partial charge in [-0.2, -0.15) is 0 Å². The zero-order valence-corrected chi connectivity index (χ0v) is 35.7. The molecule has 306 valence electrons. The number of hydrogen-bond acceptors (Lipinski definition) is 4. The Morgan fingerprint density at radius 1 is 0.338 bits per heavy atom. The van der Waals surface area contributed by atoms with Crippen LogP contribution in [0.15, 0.2) is 200 Å². The number of nitrogens with zero attached hydrogens (tertiary/aromatic N) is 7. The van der Waals surface area contributed by atoms with Crippen molar-refractivity contribution < 1.29 is 0 Å². The molecule has 0 bridgehead atoms. The summed E-state index contributed by atoms with van der Waals surface area (Å²) in [4.78, 5) is 19.6. The molecule has 5 aromatic heterocycles. The number of fused-ring (bicyclic) bond motifs is 12. The summed E-state index contributed by atoms with van der Waals surface area (Å²) in [6, 6.07) is 67.1. The third-order valence-electron chi connectivity index (χ3n) is 12.8. The summed E-state index contributed by atoms with van der Waals surface area (Å²) in [6.07, 6.45) is 3.57. The van der Waals surface area contributed by atoms with Gasteiger partial charge in [-0.3, -0.25) is 4.98 Å². The van der Waals surface area contributed by atoms with Crippen molar-refractivity contribution in [2.45, 2.75) is 13.8 Å². The van der Waals surface area contributed by atoms with E-state index in [4.69, 9.17) is 15.0 Å². The second-order valence-electron chi connectivity index (χ2n) is 16.9. The van der Waals surface area contributed by atoms with Crippen LogP contribution < -0.4 is 0 Å². The largest absolute Gasteiger partial charge is 0.308 e. The SMILES string of the molecule is Cc1cccc(-n2c3ccccc3c3c4c5ccccc5n(-c5cccc(-c6nc(-c7ccccc7)nc(-c7cccnc7)n6)c5)c4c4c5ccccc5n(-c5cccc(C)c5)c4c32)c1. The quantitative estimate of drug-likeness (QED) is 0.167. The van der Waals surface area contributed by atoms with Crippen LogP contribution in [0.25, 0.3) is 117 Å². The van der Waals surface area contributed by atoms with Crippen molar-refractivity contribution in [1.82, 2.24) is 33.6 Å². The van der Waals surface area contributed by atoms with E-state index in [1.807, 2.05) is 42.5 Å². The van der Waals surface area contributed by atoms with Gasteiger partial charge in [0.2, 0.25) is 0 Å². The predicted octanol–water partition coefficient (Wildman–Crippen LogP) is 14.2. The van der Waals surface area contributed by atoms with Crippen LogP contribution in [0, 0.1) is 13.8 Å². The molecule has 0 aliphatic carbocycles. The molecular formula is C58H39N7. The van der Waals surface area contributed by atoms with Crippen molar-refractivity contribution in [2.24, 2.45) is 0 Å². The molecule has 5 heterocycles. The van der Waals surface area contributed by atoms with Crippen LogP contribution >= 0.6 is 0 Å². The molecule has 13 rings (SSSR count). The molecule has 65 heavy (non-hydrogen) atoms. The lowest BCUT2D eigenvalue weighted by atomic mass is 10.0. The molecule has 0 unspecified atom stereocenters. The molecule has 0 fully saturated rings. The molecule has 7 nitrogen and oxygen atoms in total. The first kappa shape index (κ1) is 36.9. The highest BCUT2D eigenvalue weighted by Gasteiger charge is 2.29. The maximum Gasteiger partial charge on any atom is 0.165 e. The Kier molecular flexibility index (Phi) is 8.20. The fraction of sp³-hybridized carbons (Fsp3) is 0.0345. The molecule has 0 spiro atoms. The van der Waals surface area contributed by atoms with Gasteiger partial charge >= 0.3 is 0 Å². The average Bonchev–Trinajstić information content (AvgIpc) is 4.01. The van der Waals surface area contributed by atoms with Gasteiger partial charge in [-0.15, -0.1) is 0 Å². The lowest BCUT2D eigenvalue weighted by Crippen LogP contribution is -2.01. The Morgan fingerprint density at radius 2 is 0.769 bits per heavy atom. The molecule has 0 saturated carbocycles. The maximum atomic E-state index is 5.14. The molecule has 0 N–H and O–H groups in total. The van der Waals surface area contributed by atoms with Crippen LogP contribution in [0.1, 0.15) is 11.1 Å². The lowest BCUT2D eigenvalue weighted by Gasteiger charge is -2.15. The zero-order valence-electron chi connectivity index (χ0n) is 35.7. The van der Waals surface area contributed by atoms with Gasteiger partial charge in [-0.1, -0.05) is 121 Å². The summed E-state index contributed by atoms with van der Waals surface area (Å²) < 4.78 is 7.48. The van der Waals surface area contributed by atoms with Crippen LogP contribution in [-0.4, -0.2) is 33.6 Å². The molecule has 0 aliphatic rings. The van der Waals surface area contributed by atoms with E-state index in [-0.39, 0.29) is 0 Å². The minimum atomic E-state index is 0.572. The number of rotatable bonds is 6. The molecule has 0 atom stereocenters. The number of aryl methyl sites for hydroxylation is 2. The molecule has 0 radical (unpaired) electrons. The highest BCUT2D eigenvalue weighted by Crippen LogP contribution is 2.50. The van der Waals surface area contributed by atoms with Crippen LogP contribution in [0.3, 0.4) is 0 Å². The minimum Gasteiger partial charge on any atom is -0.308 e. The van der Waals surface area contributed by atoms with Gasteiger partial charge in [0.05, 0.1) is 33.1 Å². The van der Waals surface area contributed by atoms with Crippen LogP contribution in [-0.2, 0) is 0 Å². The van der Waals surface area contributed by atoms with Crippen LogP contribution in [0.4, 0.5) is 0 Å². The first-order valence-corrected chi connectivity index (χ1v) is 22.0. The third kappa shape index (κ3) is 5.69. The number of pyridine rings is 1. The van der Waals surface area contributed by atoms with Crippen molar-refractivity contribution in [1.29, 1.82) is 0 Å². The van der Waals surface area contributed by atoms with Crippen LogP contribution in [0.2, 0.25) is 0 Å². The van der Waals surface area contributed by atoms with Crippen molar-refractivity contribution in [3.63, 3.8) is 0 Å². The summed E-state index contributed by atoms with van der Waals surface area (Å²) in [5, 5.41) is 7.20. The Labute approximate surface area is 374 Å². The fourth-order valence-corrected chi connectivity index (χ4v) is 10.1. The maximum absolute atomic E-state index is 5.14. The number of hydrogen-bond donors (Lipinski definition) is 0. The molecule has 8 aromatic carbocycles. The molecule has 0 amide bonds. The first-order chi connectivity index (χ1) is 32.1. The van der Waals surface area contributed by atoms with Gasteiger partial charge < -0.3 is 13.7 Å². The highest BCUT2D eigenvalue weighted by atomic mass is 15.1. The predicted molar refractivity (Wildman–Crippen MR) is 266 cm³/mol. The Hall–Kier alpha value is -8.68. The average molecular weight is 834 g/mol. The number of benzene rings is 8. The minimum absolute atomic E-state index is 0.572. The van der Waals surface area contributed by atoms with E-state index in [9.17, 15) is 0 Å². The second kappa shape index (κ2) is 14.4. The Balaban J connectivity index is 1.21. The molecule has 13 aromatic rings. The Morgan fingerprint density at radius 3 is 1.34 bits per heavy atom. The third-order valence-corrected chi connectivity index (χ3v) is 12.8. The normalized spacial score (nSPS) is 11.8. The summed E-state index contributed by atoms with van der Waals surface area (Å²) in [7, 11) is 0. The van der Waals surface area contributed by atoms with Crippen molar-refractivity contribution >= 4 is 65.4 Å². The zero-order chi connectivity index (χ0) is 43.2. The summed E-state index contributed by atoms with van der Waals surface area (Å²) in [5.41, 5.74) is 15.2. The van der Waals surface area contributed by atoms with E-state index >= 15 is 0 Å². The van der Waals surface area contributed by atoms with Gasteiger partial charge in [0.25, 0.3) is 0 Å². The van der Waals surface area contributed by atoms with Crippen molar-refractivity contribution in [3.05, 3.63) is 212 Å². The standard InChI is InChI=1S/C58H39N7/c1-36-16-12-22-41(32-36)64-48-29-10-7-26-45(48)51-50-44-25-6-9-28-47(44)63(53(50)52-46-27-8-11-30-49(46)65(55(52)54(51)64)42-23-13-17-37(2)33-42)43-24-14-20-39(34-43)57-60-56(38-18-4-3-5-19-38)61-58(62-57)40-21-15-31-59-35-40/h3-35H,1-2H3. The van der Waals surface area contributed by atoms with E-state index in [1.54, 1.807) is 12.4 Å². The number of aromatic nitrogens is 7. The van der Waals surface area contributed by atoms with Crippen molar-refractivity contribution in [2.75, 3.05) is 0 Å². The second-order valence-corrected chi connectivity index (χ2v) is 16.9. The van der Waals surface area contributed by atoms with Gasteiger partial charge in [0.15, 0.2) is 17.5 Å². The Bertz CT molecular complexity index is 3970. The molecule has 7 heteroatoms. The number of para-hydroxylation sites is 3.